The molecule has 2 aromatic rings. The lowest BCUT2D eigenvalue weighted by Gasteiger charge is -2.37. The number of carbonyl (C=O) groups excluding carboxylic acids is 2. The van der Waals surface area contributed by atoms with E-state index in [1.165, 1.54) is 5.39 Å². The molecule has 0 fully saturated rings. The van der Waals surface area contributed by atoms with Gasteiger partial charge in [0.05, 0.1) is 6.61 Å². The summed E-state index contributed by atoms with van der Waals surface area (Å²) in [5, 5.41) is 1.17. The van der Waals surface area contributed by atoms with Gasteiger partial charge in [0.25, 0.3) is 0 Å². The molecule has 1 aliphatic rings. The number of ether oxygens (including phenoxy) is 2. The summed E-state index contributed by atoms with van der Waals surface area (Å²) in [4.78, 5) is 30.0. The van der Waals surface area contributed by atoms with E-state index in [-0.39, 0.29) is 24.0 Å². The maximum absolute atomic E-state index is 12.8. The Balaban J connectivity index is 2.04. The van der Waals surface area contributed by atoms with Crippen LogP contribution in [0.1, 0.15) is 51.7 Å². The molecular formula is C23H30N2O4. The summed E-state index contributed by atoms with van der Waals surface area (Å²) >= 11 is 0. The first kappa shape index (κ1) is 21.0. The number of H-pyrrole nitrogens is 1. The van der Waals surface area contributed by atoms with E-state index in [0.717, 1.165) is 16.6 Å². The fraction of sp³-hybridized carbons (Fsp3) is 0.478. The molecule has 1 aromatic carbocycles. The molecule has 0 spiro atoms. The molecule has 1 aliphatic carbocycles. The lowest BCUT2D eigenvalue weighted by Crippen LogP contribution is -2.45. The topological polar surface area (TPSA) is 71.6 Å². The van der Waals surface area contributed by atoms with Crippen molar-refractivity contribution in [1.82, 2.24) is 9.88 Å². The van der Waals surface area contributed by atoms with Gasteiger partial charge in [0.15, 0.2) is 0 Å². The van der Waals surface area contributed by atoms with Gasteiger partial charge in [-0.15, -0.1) is 0 Å². The predicted octanol–water partition coefficient (Wildman–Crippen LogP) is 4.55. The summed E-state index contributed by atoms with van der Waals surface area (Å²) in [5.74, 6) is -0.484. The van der Waals surface area contributed by atoms with Crippen LogP contribution in [0.4, 0.5) is 4.79 Å². The van der Waals surface area contributed by atoms with Crippen molar-refractivity contribution in [3.05, 3.63) is 47.2 Å². The highest BCUT2D eigenvalue weighted by molar-refractivity contribution is 5.91. The van der Waals surface area contributed by atoms with Crippen LogP contribution in [0.15, 0.2) is 36.0 Å². The van der Waals surface area contributed by atoms with Crippen LogP contribution in [0.5, 0.6) is 0 Å². The number of benzene rings is 1. The number of likely N-dealkylation sites (N-methyl/N-ethyl adjacent to an activating group) is 1. The van der Waals surface area contributed by atoms with E-state index in [2.05, 4.69) is 11.1 Å². The number of nitrogens with one attached hydrogen (secondary N) is 1. The van der Waals surface area contributed by atoms with Gasteiger partial charge < -0.3 is 19.4 Å². The van der Waals surface area contributed by atoms with Crippen molar-refractivity contribution in [3.8, 4) is 0 Å². The van der Waals surface area contributed by atoms with Crippen molar-refractivity contribution in [2.75, 3.05) is 13.7 Å². The van der Waals surface area contributed by atoms with Crippen molar-refractivity contribution in [2.45, 2.75) is 58.6 Å². The van der Waals surface area contributed by atoms with Gasteiger partial charge in [-0.2, -0.15) is 0 Å². The average Bonchev–Trinajstić information content (AvgIpc) is 3.06. The number of carbonyl (C=O) groups is 2. The summed E-state index contributed by atoms with van der Waals surface area (Å²) in [6.07, 6.45) is 4.22. The minimum Gasteiger partial charge on any atom is -0.463 e. The van der Waals surface area contributed by atoms with E-state index in [1.54, 1.807) is 25.8 Å². The van der Waals surface area contributed by atoms with Crippen LogP contribution in [0, 0.1) is 0 Å². The van der Waals surface area contributed by atoms with Gasteiger partial charge >= 0.3 is 12.1 Å². The molecular weight excluding hydrogens is 368 g/mol. The maximum Gasteiger partial charge on any atom is 0.410 e. The average molecular weight is 399 g/mol. The molecule has 1 heterocycles. The molecule has 0 unspecified atom stereocenters. The fourth-order valence-electron chi connectivity index (χ4n) is 3.91. The van der Waals surface area contributed by atoms with Gasteiger partial charge in [0, 0.05) is 41.7 Å². The van der Waals surface area contributed by atoms with Crippen LogP contribution in [0.2, 0.25) is 0 Å². The first-order valence-electron chi connectivity index (χ1n) is 10.0. The Morgan fingerprint density at radius 2 is 2.03 bits per heavy atom. The third-order valence-electron chi connectivity index (χ3n) is 5.23. The SMILES string of the molecule is CCOC(=O)/C(C)=C/[C@@H]1c2cccc3[nH]cc(c23)C[C@H]1N(C)C(=O)OC(C)(C)C. The lowest BCUT2D eigenvalue weighted by atomic mass is 9.78. The minimum absolute atomic E-state index is 0.149. The Kier molecular flexibility index (Phi) is 5.73. The van der Waals surface area contributed by atoms with E-state index in [4.69, 9.17) is 9.47 Å². The van der Waals surface area contributed by atoms with Crippen LogP contribution in [-0.2, 0) is 20.7 Å². The smallest absolute Gasteiger partial charge is 0.410 e. The predicted molar refractivity (Wildman–Crippen MR) is 113 cm³/mol. The standard InChI is InChI=1S/C23H30N2O4/c1-7-28-21(26)14(2)11-17-16-9-8-10-18-20(16)15(13-24-18)12-19(17)25(6)22(27)29-23(3,4)5/h8-11,13,17,19,24H,7,12H2,1-6H3/b14-11+/t17-,19-/m1/s1. The molecule has 0 aliphatic heterocycles. The summed E-state index contributed by atoms with van der Waals surface area (Å²) in [7, 11) is 1.76. The fourth-order valence-corrected chi connectivity index (χ4v) is 3.91. The van der Waals surface area contributed by atoms with E-state index >= 15 is 0 Å². The Labute approximate surface area is 171 Å². The Hall–Kier alpha value is -2.76. The number of aromatic nitrogens is 1. The Bertz CT molecular complexity index is 951. The van der Waals surface area contributed by atoms with Gasteiger partial charge in [0.1, 0.15) is 5.60 Å². The van der Waals surface area contributed by atoms with Crippen molar-refractivity contribution in [2.24, 2.45) is 0 Å². The number of nitrogens with zero attached hydrogens (tertiary/aromatic N) is 1. The second kappa shape index (κ2) is 7.93. The zero-order valence-corrected chi connectivity index (χ0v) is 18.0. The zero-order chi connectivity index (χ0) is 21.3. The van der Waals surface area contributed by atoms with Gasteiger partial charge in [-0.1, -0.05) is 18.2 Å². The van der Waals surface area contributed by atoms with Crippen molar-refractivity contribution in [1.29, 1.82) is 0 Å². The molecule has 1 amide bonds. The molecule has 0 saturated carbocycles. The van der Waals surface area contributed by atoms with Gasteiger partial charge in [-0.25, -0.2) is 9.59 Å². The van der Waals surface area contributed by atoms with Crippen molar-refractivity contribution < 1.29 is 19.1 Å². The van der Waals surface area contributed by atoms with Gasteiger partial charge in [-0.3, -0.25) is 0 Å². The molecule has 2 atom stereocenters. The monoisotopic (exact) mass is 398 g/mol. The van der Waals surface area contributed by atoms with Crippen LogP contribution < -0.4 is 0 Å². The number of amides is 1. The molecule has 1 N–H and O–H groups in total. The lowest BCUT2D eigenvalue weighted by molar-refractivity contribution is -0.138. The van der Waals surface area contributed by atoms with Crippen molar-refractivity contribution >= 4 is 23.0 Å². The number of hydrogen-bond donors (Lipinski definition) is 1. The third kappa shape index (κ3) is 4.31. The number of esters is 1. The summed E-state index contributed by atoms with van der Waals surface area (Å²) in [5.41, 5.74) is 3.27. The van der Waals surface area contributed by atoms with Crippen LogP contribution in [0.3, 0.4) is 0 Å². The second-order valence-corrected chi connectivity index (χ2v) is 8.54. The van der Waals surface area contributed by atoms with Gasteiger partial charge in [-0.05, 0) is 58.2 Å². The van der Waals surface area contributed by atoms with Crippen LogP contribution in [-0.4, -0.2) is 47.2 Å². The normalized spacial score (nSPS) is 19.2. The molecule has 156 valence electrons. The highest BCUT2D eigenvalue weighted by Gasteiger charge is 2.36. The summed E-state index contributed by atoms with van der Waals surface area (Å²) < 4.78 is 10.8. The zero-order valence-electron chi connectivity index (χ0n) is 18.0. The highest BCUT2D eigenvalue weighted by atomic mass is 16.6. The van der Waals surface area contributed by atoms with Gasteiger partial charge in [0.2, 0.25) is 0 Å². The molecule has 3 rings (SSSR count). The van der Waals surface area contributed by atoms with E-state index < -0.39 is 5.60 Å². The Morgan fingerprint density at radius 1 is 1.31 bits per heavy atom. The molecule has 1 aromatic heterocycles. The maximum atomic E-state index is 12.8. The number of aromatic amines is 1. The first-order valence-corrected chi connectivity index (χ1v) is 10.0. The molecule has 6 nitrogen and oxygen atoms in total. The van der Waals surface area contributed by atoms with Crippen LogP contribution in [0.25, 0.3) is 10.9 Å². The highest BCUT2D eigenvalue weighted by Crippen LogP contribution is 2.40. The molecule has 0 saturated heterocycles. The molecule has 0 bridgehead atoms. The number of hydrogen-bond acceptors (Lipinski definition) is 4. The molecule has 6 heteroatoms. The largest absolute Gasteiger partial charge is 0.463 e. The number of rotatable bonds is 4. The van der Waals surface area contributed by atoms with E-state index in [0.29, 0.717) is 18.6 Å². The third-order valence-corrected chi connectivity index (χ3v) is 5.23. The van der Waals surface area contributed by atoms with E-state index in [1.807, 2.05) is 45.2 Å². The molecule has 29 heavy (non-hydrogen) atoms. The Morgan fingerprint density at radius 3 is 2.69 bits per heavy atom. The quantitative estimate of drug-likeness (QED) is 0.606. The first-order chi connectivity index (χ1) is 13.6. The molecule has 0 radical (unpaired) electrons. The summed E-state index contributed by atoms with van der Waals surface area (Å²) in [6.45, 7) is 9.44. The second-order valence-electron chi connectivity index (χ2n) is 8.54. The van der Waals surface area contributed by atoms with Crippen LogP contribution >= 0.6 is 0 Å². The van der Waals surface area contributed by atoms with E-state index in [9.17, 15) is 9.59 Å². The van der Waals surface area contributed by atoms with Crippen molar-refractivity contribution in [3.63, 3.8) is 0 Å². The summed E-state index contributed by atoms with van der Waals surface area (Å²) in [6, 6.07) is 5.92. The minimum atomic E-state index is -0.578.